The van der Waals surface area contributed by atoms with Crippen molar-refractivity contribution in [1.29, 1.82) is 0 Å². The molecule has 1 aromatic rings. The van der Waals surface area contributed by atoms with Gasteiger partial charge in [0.15, 0.2) is 0 Å². The van der Waals surface area contributed by atoms with Crippen LogP contribution in [0.15, 0.2) is 24.3 Å². The molecule has 0 saturated carbocycles. The van der Waals surface area contributed by atoms with Crippen molar-refractivity contribution in [3.63, 3.8) is 0 Å². The van der Waals surface area contributed by atoms with E-state index < -0.39 is 6.04 Å². The van der Waals surface area contributed by atoms with Gasteiger partial charge in [-0.15, -0.1) is 24.8 Å². The molecular weight excluding hydrogens is 391 g/mol. The summed E-state index contributed by atoms with van der Waals surface area (Å²) in [6, 6.07) is 6.26. The molecule has 0 spiro atoms. The number of nitrogens with two attached hydrogens (primary N) is 1. The molecule has 0 unspecified atom stereocenters. The minimum atomic E-state index is -0.553. The van der Waals surface area contributed by atoms with E-state index in [1.165, 1.54) is 0 Å². The van der Waals surface area contributed by atoms with Gasteiger partial charge in [-0.2, -0.15) is 0 Å². The Balaban J connectivity index is 0.00000338. The number of benzene rings is 1. The maximum atomic E-state index is 12.2. The summed E-state index contributed by atoms with van der Waals surface area (Å²) >= 11 is 0. The molecule has 0 aliphatic carbocycles. The number of halogens is 2. The Morgan fingerprint density at radius 2 is 1.74 bits per heavy atom. The molecular formula is C18H30Cl2N4O3. The zero-order valence-corrected chi connectivity index (χ0v) is 17.4. The highest BCUT2D eigenvalue weighted by Gasteiger charge is 2.17. The largest absolute Gasteiger partial charge is 0.379 e. The van der Waals surface area contributed by atoms with Crippen molar-refractivity contribution in [3.05, 3.63) is 29.8 Å². The van der Waals surface area contributed by atoms with Crippen LogP contribution >= 0.6 is 24.8 Å². The standard InChI is InChI=1S/C18H28N4O3.2ClH/c1-13(2)16(19)18(24)21-15-5-3-14(4-6-15)17(23)20-7-8-22-9-11-25-12-10-22;;/h3-6,13,16H,7-12,19H2,1-2H3,(H,20,23)(H,21,24);2*1H/t16-;;/m0../s1. The Bertz CT molecular complexity index is 578. The van der Waals surface area contributed by atoms with Crippen LogP contribution in [0.2, 0.25) is 0 Å². The Kier molecular flexibility index (Phi) is 12.2. The molecule has 7 nitrogen and oxygen atoms in total. The van der Waals surface area contributed by atoms with Crippen LogP contribution in [0, 0.1) is 5.92 Å². The van der Waals surface area contributed by atoms with Crippen molar-refractivity contribution in [2.45, 2.75) is 19.9 Å². The molecule has 0 aromatic heterocycles. The van der Waals surface area contributed by atoms with E-state index >= 15 is 0 Å². The number of hydrogen-bond donors (Lipinski definition) is 3. The van der Waals surface area contributed by atoms with E-state index in [4.69, 9.17) is 10.5 Å². The molecule has 1 aromatic carbocycles. The summed E-state index contributed by atoms with van der Waals surface area (Å²) in [4.78, 5) is 26.4. The third kappa shape index (κ3) is 8.45. The Morgan fingerprint density at radius 1 is 1.15 bits per heavy atom. The first kappa shape index (κ1) is 25.6. The van der Waals surface area contributed by atoms with Crippen LogP contribution in [-0.2, 0) is 9.53 Å². The number of rotatable bonds is 7. The minimum absolute atomic E-state index is 0. The third-order valence-electron chi connectivity index (χ3n) is 4.25. The van der Waals surface area contributed by atoms with Crippen molar-refractivity contribution >= 4 is 42.3 Å². The Labute approximate surface area is 173 Å². The van der Waals surface area contributed by atoms with Gasteiger partial charge in [-0.05, 0) is 30.2 Å². The first-order chi connectivity index (χ1) is 12.0. The lowest BCUT2D eigenvalue weighted by Crippen LogP contribution is -2.41. The van der Waals surface area contributed by atoms with E-state index in [0.29, 0.717) is 17.8 Å². The molecule has 27 heavy (non-hydrogen) atoms. The van der Waals surface area contributed by atoms with Crippen molar-refractivity contribution in [3.8, 4) is 0 Å². The number of hydrogen-bond acceptors (Lipinski definition) is 5. The topological polar surface area (TPSA) is 96.7 Å². The minimum Gasteiger partial charge on any atom is -0.379 e. The molecule has 4 N–H and O–H groups in total. The maximum absolute atomic E-state index is 12.2. The molecule has 1 atom stereocenters. The second-order valence-corrected chi connectivity index (χ2v) is 6.55. The molecule has 9 heteroatoms. The summed E-state index contributed by atoms with van der Waals surface area (Å²) in [5.41, 5.74) is 7.01. The SMILES string of the molecule is CC(C)[C@H](N)C(=O)Nc1ccc(C(=O)NCCN2CCOCC2)cc1.Cl.Cl. The van der Waals surface area contributed by atoms with Crippen LogP contribution in [0.25, 0.3) is 0 Å². The highest BCUT2D eigenvalue weighted by atomic mass is 35.5. The molecule has 1 fully saturated rings. The zero-order valence-electron chi connectivity index (χ0n) is 15.8. The number of nitrogens with one attached hydrogen (secondary N) is 2. The van der Waals surface area contributed by atoms with Crippen molar-refractivity contribution in [1.82, 2.24) is 10.2 Å². The highest BCUT2D eigenvalue weighted by Crippen LogP contribution is 2.11. The maximum Gasteiger partial charge on any atom is 0.251 e. The number of carbonyl (C=O) groups is 2. The third-order valence-corrected chi connectivity index (χ3v) is 4.25. The number of morpholine rings is 1. The van der Waals surface area contributed by atoms with E-state index in [1.807, 2.05) is 13.8 Å². The van der Waals surface area contributed by atoms with E-state index in [1.54, 1.807) is 24.3 Å². The smallest absolute Gasteiger partial charge is 0.251 e. The van der Waals surface area contributed by atoms with E-state index in [2.05, 4.69) is 15.5 Å². The Morgan fingerprint density at radius 3 is 2.30 bits per heavy atom. The summed E-state index contributed by atoms with van der Waals surface area (Å²) in [5, 5.41) is 5.67. The molecule has 0 radical (unpaired) electrons. The zero-order chi connectivity index (χ0) is 18.2. The summed E-state index contributed by atoms with van der Waals surface area (Å²) in [7, 11) is 0. The van der Waals surface area contributed by atoms with Gasteiger partial charge in [0, 0.05) is 37.4 Å². The molecule has 0 bridgehead atoms. The summed E-state index contributed by atoms with van der Waals surface area (Å²) < 4.78 is 5.30. The van der Waals surface area contributed by atoms with Crippen LogP contribution in [0.1, 0.15) is 24.2 Å². The average molecular weight is 421 g/mol. The van der Waals surface area contributed by atoms with Crippen molar-refractivity contribution < 1.29 is 14.3 Å². The molecule has 1 heterocycles. The number of nitrogens with zero attached hydrogens (tertiary/aromatic N) is 1. The van der Waals surface area contributed by atoms with Crippen LogP contribution < -0.4 is 16.4 Å². The van der Waals surface area contributed by atoms with Gasteiger partial charge >= 0.3 is 0 Å². The van der Waals surface area contributed by atoms with E-state index in [0.717, 1.165) is 32.8 Å². The molecule has 2 amide bonds. The predicted octanol–water partition coefficient (Wildman–Crippen LogP) is 1.51. The fourth-order valence-corrected chi connectivity index (χ4v) is 2.49. The molecule has 1 saturated heterocycles. The summed E-state index contributed by atoms with van der Waals surface area (Å²) in [6.07, 6.45) is 0. The van der Waals surface area contributed by atoms with Crippen molar-refractivity contribution in [2.75, 3.05) is 44.7 Å². The fraction of sp³-hybridized carbons (Fsp3) is 0.556. The van der Waals surface area contributed by atoms with Gasteiger partial charge in [0.1, 0.15) is 0 Å². The van der Waals surface area contributed by atoms with Gasteiger partial charge in [0.05, 0.1) is 19.3 Å². The first-order valence-corrected chi connectivity index (χ1v) is 8.72. The lowest BCUT2D eigenvalue weighted by molar-refractivity contribution is -0.118. The van der Waals surface area contributed by atoms with Gasteiger partial charge in [0.25, 0.3) is 5.91 Å². The number of amides is 2. The lowest BCUT2D eigenvalue weighted by atomic mass is 10.0. The second-order valence-electron chi connectivity index (χ2n) is 6.55. The van der Waals surface area contributed by atoms with Crippen LogP contribution in [0.4, 0.5) is 5.69 Å². The van der Waals surface area contributed by atoms with Gasteiger partial charge in [-0.1, -0.05) is 13.8 Å². The monoisotopic (exact) mass is 420 g/mol. The first-order valence-electron chi connectivity index (χ1n) is 8.72. The quantitative estimate of drug-likeness (QED) is 0.620. The van der Waals surface area contributed by atoms with E-state index in [9.17, 15) is 9.59 Å². The molecule has 2 rings (SSSR count). The van der Waals surface area contributed by atoms with Crippen molar-refractivity contribution in [2.24, 2.45) is 11.7 Å². The number of carbonyl (C=O) groups excluding carboxylic acids is 2. The summed E-state index contributed by atoms with van der Waals surface area (Å²) in [5.74, 6) is -0.278. The average Bonchev–Trinajstić information content (AvgIpc) is 2.62. The normalized spacial score (nSPS) is 15.3. The number of anilines is 1. The van der Waals surface area contributed by atoms with Gasteiger partial charge < -0.3 is 21.1 Å². The Hall–Kier alpha value is -1.38. The second kappa shape index (κ2) is 12.9. The number of ether oxygens (including phenoxy) is 1. The van der Waals surface area contributed by atoms with Gasteiger partial charge in [-0.3, -0.25) is 14.5 Å². The van der Waals surface area contributed by atoms with Gasteiger partial charge in [-0.25, -0.2) is 0 Å². The van der Waals surface area contributed by atoms with Crippen LogP contribution in [-0.4, -0.2) is 62.1 Å². The predicted molar refractivity (Wildman–Crippen MR) is 112 cm³/mol. The molecule has 1 aliphatic heterocycles. The summed E-state index contributed by atoms with van der Waals surface area (Å²) in [6.45, 7) is 8.52. The molecule has 154 valence electrons. The van der Waals surface area contributed by atoms with Gasteiger partial charge in [0.2, 0.25) is 5.91 Å². The van der Waals surface area contributed by atoms with E-state index in [-0.39, 0.29) is 42.5 Å². The molecule has 1 aliphatic rings. The lowest BCUT2D eigenvalue weighted by Gasteiger charge is -2.26. The van der Waals surface area contributed by atoms with Crippen LogP contribution in [0.3, 0.4) is 0 Å². The van der Waals surface area contributed by atoms with Crippen LogP contribution in [0.5, 0.6) is 0 Å². The highest BCUT2D eigenvalue weighted by molar-refractivity contribution is 5.97. The fourth-order valence-electron chi connectivity index (χ4n) is 2.49.